The number of nitrogens with one attached hydrogen (secondary N) is 1. The minimum atomic E-state index is -0.310. The summed E-state index contributed by atoms with van der Waals surface area (Å²) < 4.78 is 0. The molecule has 4 nitrogen and oxygen atoms in total. The Balaban J connectivity index is 2.17. The first-order chi connectivity index (χ1) is 7.66. The molecule has 0 aliphatic rings. The highest BCUT2D eigenvalue weighted by Crippen LogP contribution is 2.22. The number of amides is 1. The molecule has 0 aromatic carbocycles. The number of carbonyl (C=O) groups excluding carboxylic acids is 1. The van der Waals surface area contributed by atoms with E-state index in [1.807, 2.05) is 0 Å². The molecule has 2 heterocycles. The van der Waals surface area contributed by atoms with Gasteiger partial charge in [0.05, 0.1) is 5.02 Å². The molecule has 2 aromatic heterocycles. The number of nitrogens with zero attached hydrogens (tertiary/aromatic N) is 2. The van der Waals surface area contributed by atoms with Gasteiger partial charge in [0.25, 0.3) is 5.91 Å². The molecular weight excluding hydrogens is 269 g/mol. The van der Waals surface area contributed by atoms with Crippen molar-refractivity contribution < 1.29 is 4.79 Å². The summed E-state index contributed by atoms with van der Waals surface area (Å²) in [7, 11) is 0. The van der Waals surface area contributed by atoms with Crippen LogP contribution in [0.4, 0.5) is 5.82 Å². The molecule has 0 radical (unpaired) electrons. The Bertz CT molecular complexity index is 529. The average molecular weight is 274 g/mol. The van der Waals surface area contributed by atoms with Crippen LogP contribution in [0.15, 0.2) is 23.8 Å². The van der Waals surface area contributed by atoms with Gasteiger partial charge in [-0.15, -0.1) is 11.3 Å². The number of carbonyl (C=O) groups is 1. The second-order valence-electron chi connectivity index (χ2n) is 2.78. The van der Waals surface area contributed by atoms with Crippen molar-refractivity contribution in [3.8, 4) is 0 Å². The molecule has 7 heteroatoms. The topological polar surface area (TPSA) is 54.9 Å². The zero-order chi connectivity index (χ0) is 11.5. The van der Waals surface area contributed by atoms with E-state index in [1.165, 1.54) is 23.7 Å². The van der Waals surface area contributed by atoms with E-state index in [0.717, 1.165) is 0 Å². The fraction of sp³-hybridized carbons (Fsp3) is 0. The van der Waals surface area contributed by atoms with Crippen LogP contribution < -0.4 is 5.32 Å². The van der Waals surface area contributed by atoms with Gasteiger partial charge in [-0.05, 0) is 11.4 Å². The highest BCUT2D eigenvalue weighted by molar-refractivity contribution is 7.12. The van der Waals surface area contributed by atoms with Crippen LogP contribution in [-0.2, 0) is 0 Å². The minimum absolute atomic E-state index is 0.266. The Morgan fingerprint density at radius 3 is 2.81 bits per heavy atom. The summed E-state index contributed by atoms with van der Waals surface area (Å²) >= 11 is 12.7. The molecule has 0 aliphatic heterocycles. The van der Waals surface area contributed by atoms with Gasteiger partial charge < -0.3 is 5.32 Å². The van der Waals surface area contributed by atoms with E-state index < -0.39 is 0 Å². The Morgan fingerprint density at radius 2 is 2.19 bits per heavy atom. The van der Waals surface area contributed by atoms with Gasteiger partial charge in [-0.25, -0.2) is 9.97 Å². The number of rotatable bonds is 2. The predicted octanol–water partition coefficient (Wildman–Crippen LogP) is 3.10. The summed E-state index contributed by atoms with van der Waals surface area (Å²) in [4.78, 5) is 19.7. The summed E-state index contributed by atoms with van der Waals surface area (Å²) in [5.74, 6) is 0.0317. The van der Waals surface area contributed by atoms with Crippen LogP contribution >= 0.6 is 34.5 Å². The lowest BCUT2D eigenvalue weighted by atomic mass is 10.4. The van der Waals surface area contributed by atoms with Gasteiger partial charge in [-0.3, -0.25) is 4.79 Å². The van der Waals surface area contributed by atoms with Crippen LogP contribution in [0.25, 0.3) is 0 Å². The molecule has 0 fully saturated rings. The molecule has 16 heavy (non-hydrogen) atoms. The lowest BCUT2D eigenvalue weighted by Gasteiger charge is -2.02. The van der Waals surface area contributed by atoms with Gasteiger partial charge in [-0.2, -0.15) is 0 Å². The molecule has 2 rings (SSSR count). The van der Waals surface area contributed by atoms with E-state index in [-0.39, 0.29) is 11.1 Å². The van der Waals surface area contributed by atoms with Crippen molar-refractivity contribution in [2.45, 2.75) is 0 Å². The van der Waals surface area contributed by atoms with E-state index in [4.69, 9.17) is 23.2 Å². The summed E-state index contributed by atoms with van der Waals surface area (Å²) in [6, 6.07) is 3.12. The van der Waals surface area contributed by atoms with Crippen LogP contribution in [0.1, 0.15) is 9.67 Å². The molecule has 0 atom stereocenters. The first-order valence-electron chi connectivity index (χ1n) is 4.18. The summed E-state index contributed by atoms with van der Waals surface area (Å²) in [5.41, 5.74) is 0. The van der Waals surface area contributed by atoms with Gasteiger partial charge >= 0.3 is 0 Å². The van der Waals surface area contributed by atoms with Crippen molar-refractivity contribution in [3.05, 3.63) is 38.9 Å². The Labute approximate surface area is 105 Å². The summed E-state index contributed by atoms with van der Waals surface area (Å²) in [6.45, 7) is 0. The Kier molecular flexibility index (Phi) is 3.38. The third-order valence-electron chi connectivity index (χ3n) is 1.70. The maximum atomic E-state index is 11.7. The van der Waals surface area contributed by atoms with Crippen molar-refractivity contribution in [1.82, 2.24) is 9.97 Å². The monoisotopic (exact) mass is 273 g/mol. The number of aromatic nitrogens is 2. The standard InChI is InChI=1S/C9H5Cl2N3OS/c10-5-1-2-16-8(5)9(15)14-7-3-6(11)12-4-13-7/h1-4H,(H,12,13,14,15). The average Bonchev–Trinajstić information content (AvgIpc) is 2.64. The van der Waals surface area contributed by atoms with E-state index in [1.54, 1.807) is 11.4 Å². The molecule has 0 unspecified atom stereocenters. The third-order valence-corrected chi connectivity index (χ3v) is 3.25. The summed E-state index contributed by atoms with van der Waals surface area (Å²) in [5, 5.41) is 5.00. The fourth-order valence-corrected chi connectivity index (χ4v) is 2.21. The van der Waals surface area contributed by atoms with E-state index in [2.05, 4.69) is 15.3 Å². The quantitative estimate of drug-likeness (QED) is 0.856. The number of halogens is 2. The molecular formula is C9H5Cl2N3OS. The molecule has 1 amide bonds. The number of hydrogen-bond acceptors (Lipinski definition) is 4. The molecule has 0 aliphatic carbocycles. The van der Waals surface area contributed by atoms with Gasteiger partial charge in [0, 0.05) is 6.07 Å². The van der Waals surface area contributed by atoms with Crippen LogP contribution in [-0.4, -0.2) is 15.9 Å². The van der Waals surface area contributed by atoms with Gasteiger partial charge in [0.15, 0.2) is 0 Å². The molecule has 0 spiro atoms. The SMILES string of the molecule is O=C(Nc1cc(Cl)ncn1)c1sccc1Cl. The van der Waals surface area contributed by atoms with Crippen LogP contribution in [0, 0.1) is 0 Å². The highest BCUT2D eigenvalue weighted by Gasteiger charge is 2.12. The highest BCUT2D eigenvalue weighted by atomic mass is 35.5. The molecule has 82 valence electrons. The first kappa shape index (κ1) is 11.3. The third kappa shape index (κ3) is 2.49. The molecule has 2 aromatic rings. The zero-order valence-electron chi connectivity index (χ0n) is 7.78. The van der Waals surface area contributed by atoms with Crippen molar-refractivity contribution in [3.63, 3.8) is 0 Å². The molecule has 0 saturated carbocycles. The van der Waals surface area contributed by atoms with Crippen LogP contribution in [0.2, 0.25) is 10.2 Å². The normalized spacial score (nSPS) is 10.1. The van der Waals surface area contributed by atoms with E-state index in [0.29, 0.717) is 15.7 Å². The fourth-order valence-electron chi connectivity index (χ4n) is 1.03. The maximum absolute atomic E-state index is 11.7. The van der Waals surface area contributed by atoms with Crippen molar-refractivity contribution >= 4 is 46.3 Å². The smallest absolute Gasteiger partial charge is 0.268 e. The van der Waals surface area contributed by atoms with Gasteiger partial charge in [0.2, 0.25) is 0 Å². The molecule has 0 bridgehead atoms. The van der Waals surface area contributed by atoms with Crippen molar-refractivity contribution in [1.29, 1.82) is 0 Å². The van der Waals surface area contributed by atoms with Crippen molar-refractivity contribution in [2.75, 3.05) is 5.32 Å². The second-order valence-corrected chi connectivity index (χ2v) is 4.49. The van der Waals surface area contributed by atoms with Crippen LogP contribution in [0.3, 0.4) is 0 Å². The van der Waals surface area contributed by atoms with Crippen molar-refractivity contribution in [2.24, 2.45) is 0 Å². The Morgan fingerprint density at radius 1 is 1.38 bits per heavy atom. The van der Waals surface area contributed by atoms with Gasteiger partial charge in [0.1, 0.15) is 22.2 Å². The second kappa shape index (κ2) is 4.78. The van der Waals surface area contributed by atoms with E-state index >= 15 is 0 Å². The van der Waals surface area contributed by atoms with E-state index in [9.17, 15) is 4.79 Å². The first-order valence-corrected chi connectivity index (χ1v) is 5.82. The summed E-state index contributed by atoms with van der Waals surface area (Å²) in [6.07, 6.45) is 1.27. The number of hydrogen-bond donors (Lipinski definition) is 1. The number of thiophene rings is 1. The number of anilines is 1. The molecule has 0 saturated heterocycles. The largest absolute Gasteiger partial charge is 0.306 e. The zero-order valence-corrected chi connectivity index (χ0v) is 10.1. The maximum Gasteiger partial charge on any atom is 0.268 e. The van der Waals surface area contributed by atoms with Crippen LogP contribution in [0.5, 0.6) is 0 Å². The Hall–Kier alpha value is -1.17. The minimum Gasteiger partial charge on any atom is -0.306 e. The predicted molar refractivity (Wildman–Crippen MR) is 64.3 cm³/mol. The lowest BCUT2D eigenvalue weighted by Crippen LogP contribution is -2.11. The molecule has 1 N–H and O–H groups in total. The lowest BCUT2D eigenvalue weighted by molar-refractivity contribution is 0.103. The van der Waals surface area contributed by atoms with Gasteiger partial charge in [-0.1, -0.05) is 23.2 Å².